The number of halogens is 6. The van der Waals surface area contributed by atoms with Crippen LogP contribution in [0.15, 0.2) is 109 Å². The average molecular weight is 763 g/mol. The minimum absolute atomic E-state index is 0.168. The molecule has 0 aliphatic carbocycles. The monoisotopic (exact) mass is 762 g/mol. The highest BCUT2D eigenvalue weighted by Crippen LogP contribution is 2.45. The molecule has 1 aliphatic heterocycles. The van der Waals surface area contributed by atoms with Gasteiger partial charge < -0.3 is 39.4 Å². The first-order valence-corrected chi connectivity index (χ1v) is 16.4. The Morgan fingerprint density at radius 2 is 1.20 bits per heavy atom. The summed E-state index contributed by atoms with van der Waals surface area (Å²) < 4.78 is 110. The number of carbonyl (C=O) groups is 2. The number of hydrogen-bond donors (Lipinski definition) is 3. The average Bonchev–Trinajstić information content (AvgIpc) is 3.48. The highest BCUT2D eigenvalue weighted by atomic mass is 19.4. The van der Waals surface area contributed by atoms with Crippen molar-refractivity contribution in [3.63, 3.8) is 0 Å². The fourth-order valence-electron chi connectivity index (χ4n) is 6.04. The topological polar surface area (TPSA) is 125 Å². The van der Waals surface area contributed by atoms with Crippen molar-refractivity contribution in [1.29, 1.82) is 0 Å². The Morgan fingerprint density at radius 1 is 0.722 bits per heavy atom. The van der Waals surface area contributed by atoms with E-state index in [0.29, 0.717) is 33.8 Å². The van der Waals surface area contributed by atoms with Gasteiger partial charge in [0.25, 0.3) is 0 Å². The number of ether oxygens (including phenoxy) is 5. The molecule has 1 saturated heterocycles. The number of alkyl halides is 6. The first kappa shape index (κ1) is 40.0. The van der Waals surface area contributed by atoms with Crippen molar-refractivity contribution >= 4 is 11.8 Å². The van der Waals surface area contributed by atoms with Crippen LogP contribution >= 0.6 is 0 Å². The molecule has 0 aromatic heterocycles. The van der Waals surface area contributed by atoms with Gasteiger partial charge in [-0.05, 0) is 46.5 Å². The van der Waals surface area contributed by atoms with Gasteiger partial charge in [-0.3, -0.25) is 9.59 Å². The predicted molar refractivity (Wildman–Crippen MR) is 180 cm³/mol. The summed E-state index contributed by atoms with van der Waals surface area (Å²) in [5, 5.41) is 15.0. The number of aliphatic hydroxyl groups excluding tert-OH is 1. The first-order chi connectivity index (χ1) is 25.7. The molecule has 0 saturated carbocycles. The number of benzene rings is 4. The van der Waals surface area contributed by atoms with Crippen LogP contribution in [0.4, 0.5) is 26.3 Å². The number of aliphatic hydroxyl groups is 1. The summed E-state index contributed by atoms with van der Waals surface area (Å²) in [5.74, 6) is -4.06. The Hall–Kier alpha value is -5.16. The van der Waals surface area contributed by atoms with Crippen molar-refractivity contribution < 1.29 is 64.7 Å². The van der Waals surface area contributed by atoms with Gasteiger partial charge in [0.05, 0.1) is 26.9 Å². The molecule has 4 aromatic carbocycles. The molecule has 16 heteroatoms. The summed E-state index contributed by atoms with van der Waals surface area (Å²) in [4.78, 5) is 23.9. The van der Waals surface area contributed by atoms with Gasteiger partial charge >= 0.3 is 24.2 Å². The van der Waals surface area contributed by atoms with E-state index in [1.165, 1.54) is 19.5 Å². The summed E-state index contributed by atoms with van der Waals surface area (Å²) >= 11 is 0. The molecule has 1 aliphatic rings. The van der Waals surface area contributed by atoms with E-state index >= 15 is 0 Å². The molecule has 0 bridgehead atoms. The van der Waals surface area contributed by atoms with E-state index in [2.05, 4.69) is 0 Å². The molecule has 2 amide bonds. The second kappa shape index (κ2) is 16.9. The minimum atomic E-state index is -5.49. The lowest BCUT2D eigenvalue weighted by Gasteiger charge is -2.40. The third-order valence-corrected chi connectivity index (χ3v) is 8.69. The maximum atomic E-state index is 13.5. The lowest BCUT2D eigenvalue weighted by molar-refractivity contribution is -0.205. The Kier molecular flexibility index (Phi) is 12.5. The number of rotatable bonds is 14. The van der Waals surface area contributed by atoms with E-state index in [-0.39, 0.29) is 6.61 Å². The second-order valence-electron chi connectivity index (χ2n) is 12.1. The molecule has 1 fully saturated rings. The molecular formula is C38H36F6N2O8. The lowest BCUT2D eigenvalue weighted by atomic mass is 9.79. The fourth-order valence-corrected chi connectivity index (χ4v) is 6.04. The van der Waals surface area contributed by atoms with E-state index in [9.17, 15) is 41.0 Å². The number of methoxy groups -OCH3 is 2. The number of hydrogen-bond acceptors (Lipinski definition) is 8. The molecule has 288 valence electrons. The van der Waals surface area contributed by atoms with Crippen LogP contribution in [0, 0.1) is 0 Å². The predicted octanol–water partition coefficient (Wildman–Crippen LogP) is 5.41. The largest absolute Gasteiger partial charge is 0.497 e. The maximum absolute atomic E-state index is 13.5. The summed E-state index contributed by atoms with van der Waals surface area (Å²) in [7, 11) is 2.96. The van der Waals surface area contributed by atoms with Gasteiger partial charge in [0, 0.05) is 6.54 Å². The van der Waals surface area contributed by atoms with Crippen molar-refractivity contribution in [3.05, 3.63) is 131 Å². The van der Waals surface area contributed by atoms with Crippen molar-refractivity contribution in [3.8, 4) is 11.5 Å². The van der Waals surface area contributed by atoms with Gasteiger partial charge in [0.1, 0.15) is 35.4 Å². The minimum Gasteiger partial charge on any atom is -0.497 e. The lowest BCUT2D eigenvalue weighted by Crippen LogP contribution is -2.57. The highest BCUT2D eigenvalue weighted by molar-refractivity contribution is 5.83. The Labute approximate surface area is 305 Å². The summed E-state index contributed by atoms with van der Waals surface area (Å²) in [6.07, 6.45) is -18.0. The van der Waals surface area contributed by atoms with Gasteiger partial charge in [0.2, 0.25) is 0 Å². The Morgan fingerprint density at radius 3 is 1.69 bits per heavy atom. The molecule has 5 atom stereocenters. The van der Waals surface area contributed by atoms with Crippen LogP contribution < -0.4 is 20.1 Å². The zero-order valence-electron chi connectivity index (χ0n) is 28.8. The molecular weight excluding hydrogens is 726 g/mol. The van der Waals surface area contributed by atoms with Crippen LogP contribution in [0.5, 0.6) is 11.5 Å². The zero-order valence-corrected chi connectivity index (χ0v) is 28.8. The summed E-state index contributed by atoms with van der Waals surface area (Å²) in [6, 6.07) is 28.7. The third-order valence-electron chi connectivity index (χ3n) is 8.69. The second-order valence-corrected chi connectivity index (χ2v) is 12.1. The van der Waals surface area contributed by atoms with Gasteiger partial charge in [-0.15, -0.1) is 0 Å². The highest BCUT2D eigenvalue weighted by Gasteiger charge is 2.54. The zero-order chi connectivity index (χ0) is 39.1. The number of amides is 2. The van der Waals surface area contributed by atoms with Crippen LogP contribution in [0.25, 0.3) is 0 Å². The van der Waals surface area contributed by atoms with Crippen LogP contribution in [-0.4, -0.2) is 80.7 Å². The molecule has 10 nitrogen and oxygen atoms in total. The normalized spacial score (nSPS) is 19.5. The standard InChI is InChI=1S/C38H36F6N2O8/c1-50-27-17-13-25(14-18-27)36(24-11-7-4-8-12-24,26-15-19-28(51-2)20-16-26)54-32-30(47)31(53-33(32)52-22-23-9-5-3-6-10-23)29(46-35(49)38(42,43)44)21-45-34(48)37(39,40)41/h3-20,29-33,47H,21-22H2,1-2H3,(H,45,48)(H,46,49)/t29-,30+,31-,32+,33+/m1/s1. The van der Waals surface area contributed by atoms with Crippen molar-refractivity contribution in [2.75, 3.05) is 20.8 Å². The van der Waals surface area contributed by atoms with E-state index < -0.39 is 67.0 Å². The van der Waals surface area contributed by atoms with Gasteiger partial charge in [-0.25, -0.2) is 0 Å². The molecule has 1 heterocycles. The molecule has 0 spiro atoms. The Balaban J connectivity index is 1.64. The fraction of sp³-hybridized carbons (Fsp3) is 0.316. The molecule has 4 aromatic rings. The van der Waals surface area contributed by atoms with Gasteiger partial charge in [-0.1, -0.05) is 84.9 Å². The summed E-state index contributed by atoms with van der Waals surface area (Å²) in [5.41, 5.74) is 0.453. The van der Waals surface area contributed by atoms with Crippen LogP contribution in [0.3, 0.4) is 0 Å². The molecule has 54 heavy (non-hydrogen) atoms. The summed E-state index contributed by atoms with van der Waals surface area (Å²) in [6.45, 7) is -1.39. The van der Waals surface area contributed by atoms with E-state index in [1.807, 2.05) is 0 Å². The van der Waals surface area contributed by atoms with Crippen molar-refractivity contribution in [2.24, 2.45) is 0 Å². The maximum Gasteiger partial charge on any atom is 0.471 e. The first-order valence-electron chi connectivity index (χ1n) is 16.4. The van der Waals surface area contributed by atoms with Gasteiger partial charge in [-0.2, -0.15) is 26.3 Å². The Bertz CT molecular complexity index is 1780. The van der Waals surface area contributed by atoms with E-state index in [4.69, 9.17) is 23.7 Å². The molecule has 0 radical (unpaired) electrons. The van der Waals surface area contributed by atoms with Crippen molar-refractivity contribution in [2.45, 2.75) is 55.2 Å². The van der Waals surface area contributed by atoms with Crippen molar-refractivity contribution in [1.82, 2.24) is 10.6 Å². The smallest absolute Gasteiger partial charge is 0.471 e. The van der Waals surface area contributed by atoms with Crippen LogP contribution in [0.1, 0.15) is 22.3 Å². The SMILES string of the molecule is COc1ccc(C(O[C@@H]2[C@@H](OCc3ccccc3)O[C@H]([C@@H](CNC(=O)C(F)(F)F)NC(=O)C(F)(F)F)[C@@H]2O)(c2ccccc2)c2ccc(OC)cc2)cc1. The van der Waals surface area contributed by atoms with Crippen LogP contribution in [0.2, 0.25) is 0 Å². The molecule has 0 unspecified atom stereocenters. The number of carbonyl (C=O) groups excluding carboxylic acids is 2. The number of nitrogens with one attached hydrogen (secondary N) is 2. The molecule has 3 N–H and O–H groups in total. The third kappa shape index (κ3) is 9.13. The van der Waals surface area contributed by atoms with E-state index in [0.717, 1.165) is 0 Å². The quantitative estimate of drug-likeness (QED) is 0.115. The van der Waals surface area contributed by atoms with E-state index in [1.54, 1.807) is 115 Å². The molecule has 5 rings (SSSR count). The van der Waals surface area contributed by atoms with Gasteiger partial charge in [0.15, 0.2) is 6.29 Å². The van der Waals surface area contributed by atoms with Crippen LogP contribution in [-0.2, 0) is 36.0 Å².